The average Bonchev–Trinajstić information content (AvgIpc) is 3.33. The van der Waals surface area contributed by atoms with Gasteiger partial charge in [0.05, 0.1) is 18.6 Å². The SMILES string of the molecule is O=C1CCC(c2c(F)cc(N3CC(NC(=O)OC[C@@H]4C[C@H]5CCC4C5)C3)cc2F)C(=O)N1. The van der Waals surface area contributed by atoms with Gasteiger partial charge in [-0.3, -0.25) is 14.9 Å². The first-order valence-corrected chi connectivity index (χ1v) is 11.4. The van der Waals surface area contributed by atoms with E-state index in [1.165, 1.54) is 31.4 Å². The summed E-state index contributed by atoms with van der Waals surface area (Å²) < 4.78 is 34.8. The van der Waals surface area contributed by atoms with Crippen molar-refractivity contribution >= 4 is 23.6 Å². The van der Waals surface area contributed by atoms with Crippen LogP contribution in [-0.4, -0.2) is 43.6 Å². The van der Waals surface area contributed by atoms with E-state index in [9.17, 15) is 23.2 Å². The highest BCUT2D eigenvalue weighted by molar-refractivity contribution is 6.01. The first kappa shape index (κ1) is 21.2. The van der Waals surface area contributed by atoms with Gasteiger partial charge >= 0.3 is 6.09 Å². The van der Waals surface area contributed by atoms with Gasteiger partial charge in [-0.25, -0.2) is 13.6 Å². The minimum absolute atomic E-state index is 0.0502. The van der Waals surface area contributed by atoms with E-state index in [-0.39, 0.29) is 24.4 Å². The lowest BCUT2D eigenvalue weighted by atomic mass is 9.89. The molecule has 1 aromatic carbocycles. The van der Waals surface area contributed by atoms with Crippen LogP contribution in [0, 0.1) is 29.4 Å². The van der Waals surface area contributed by atoms with Gasteiger partial charge in [0.15, 0.2) is 0 Å². The van der Waals surface area contributed by atoms with Crippen LogP contribution in [0.4, 0.5) is 19.3 Å². The molecule has 2 saturated heterocycles. The fourth-order valence-electron chi connectivity index (χ4n) is 5.81. The number of alkyl carbamates (subject to hydrolysis) is 1. The Morgan fingerprint density at radius 1 is 1.12 bits per heavy atom. The molecule has 4 fully saturated rings. The Bertz CT molecular complexity index is 926. The molecule has 172 valence electrons. The number of ether oxygens (including phenoxy) is 1. The van der Waals surface area contributed by atoms with Crippen molar-refractivity contribution in [1.29, 1.82) is 0 Å². The summed E-state index contributed by atoms with van der Waals surface area (Å²) in [5.74, 6) is -1.77. The Labute approximate surface area is 184 Å². The van der Waals surface area contributed by atoms with Crippen LogP contribution in [0.2, 0.25) is 0 Å². The van der Waals surface area contributed by atoms with Crippen LogP contribution in [0.15, 0.2) is 12.1 Å². The molecular formula is C23H27F2N3O4. The van der Waals surface area contributed by atoms with Crippen molar-refractivity contribution in [2.45, 2.75) is 50.5 Å². The molecule has 2 heterocycles. The van der Waals surface area contributed by atoms with Gasteiger partial charge in [-0.05, 0) is 55.6 Å². The molecule has 0 spiro atoms. The van der Waals surface area contributed by atoms with Crippen LogP contribution in [0.5, 0.6) is 0 Å². The van der Waals surface area contributed by atoms with E-state index in [4.69, 9.17) is 4.74 Å². The summed E-state index contributed by atoms with van der Waals surface area (Å²) in [7, 11) is 0. The Morgan fingerprint density at radius 2 is 1.88 bits per heavy atom. The fraction of sp³-hybridized carbons (Fsp3) is 0.609. The molecule has 2 N–H and O–H groups in total. The molecule has 4 aliphatic rings. The van der Waals surface area contributed by atoms with Gasteiger partial charge in [0.25, 0.3) is 0 Å². The summed E-state index contributed by atoms with van der Waals surface area (Å²) in [6, 6.07) is 2.25. The van der Waals surface area contributed by atoms with E-state index in [2.05, 4.69) is 10.6 Å². The zero-order valence-corrected chi connectivity index (χ0v) is 17.7. The average molecular weight is 447 g/mol. The number of hydrogen-bond acceptors (Lipinski definition) is 5. The van der Waals surface area contributed by atoms with Gasteiger partial charge < -0.3 is 15.0 Å². The Balaban J connectivity index is 1.12. The number of carbonyl (C=O) groups excluding carboxylic acids is 3. The normalized spacial score (nSPS) is 29.6. The number of hydrogen-bond donors (Lipinski definition) is 2. The number of halogens is 2. The number of imide groups is 1. The summed E-state index contributed by atoms with van der Waals surface area (Å²) in [5.41, 5.74) is 0.0441. The summed E-state index contributed by atoms with van der Waals surface area (Å²) in [4.78, 5) is 37.1. The van der Waals surface area contributed by atoms with E-state index in [1.54, 1.807) is 4.90 Å². The monoisotopic (exact) mass is 447 g/mol. The zero-order chi connectivity index (χ0) is 22.4. The molecule has 2 unspecified atom stereocenters. The van der Waals surface area contributed by atoms with E-state index >= 15 is 0 Å². The number of carbonyl (C=O) groups is 3. The van der Waals surface area contributed by atoms with Crippen LogP contribution in [0.1, 0.15) is 50.0 Å². The highest BCUT2D eigenvalue weighted by atomic mass is 19.1. The van der Waals surface area contributed by atoms with Crippen molar-refractivity contribution in [2.75, 3.05) is 24.6 Å². The molecule has 2 aliphatic heterocycles. The van der Waals surface area contributed by atoms with Gasteiger partial charge in [0, 0.05) is 30.8 Å². The van der Waals surface area contributed by atoms with Crippen LogP contribution in [0.3, 0.4) is 0 Å². The Morgan fingerprint density at radius 3 is 2.50 bits per heavy atom. The summed E-state index contributed by atoms with van der Waals surface area (Å²) in [5, 5.41) is 4.94. The number of anilines is 1. The van der Waals surface area contributed by atoms with E-state index in [1.807, 2.05) is 0 Å². The number of benzene rings is 1. The summed E-state index contributed by atoms with van der Waals surface area (Å²) in [6.07, 6.45) is 4.66. The highest BCUT2D eigenvalue weighted by Crippen LogP contribution is 2.48. The van der Waals surface area contributed by atoms with Crippen molar-refractivity contribution in [2.24, 2.45) is 17.8 Å². The van der Waals surface area contributed by atoms with Gasteiger partial charge in [-0.2, -0.15) is 0 Å². The predicted octanol–water partition coefficient (Wildman–Crippen LogP) is 2.84. The third-order valence-corrected chi connectivity index (χ3v) is 7.53. The maximum atomic E-state index is 14.7. The maximum Gasteiger partial charge on any atom is 0.407 e. The lowest BCUT2D eigenvalue weighted by Gasteiger charge is -2.41. The fourth-order valence-corrected chi connectivity index (χ4v) is 5.81. The van der Waals surface area contributed by atoms with E-state index in [0.717, 1.165) is 12.3 Å². The van der Waals surface area contributed by atoms with Crippen molar-refractivity contribution in [1.82, 2.24) is 10.6 Å². The standard InChI is InChI=1S/C23H27F2N3O4/c24-18-7-16(8-19(25)21(18)17-3-4-20(29)27-22(17)30)28-9-15(10-28)26-23(31)32-11-14-6-12-1-2-13(14)5-12/h7-8,12-15,17H,1-6,9-11H2,(H,26,31)(H,27,29,30)/t12-,13?,14-,17?/m0/s1. The zero-order valence-electron chi connectivity index (χ0n) is 17.7. The van der Waals surface area contributed by atoms with Crippen LogP contribution >= 0.6 is 0 Å². The topological polar surface area (TPSA) is 87.7 Å². The van der Waals surface area contributed by atoms with Crippen molar-refractivity contribution in [3.63, 3.8) is 0 Å². The smallest absolute Gasteiger partial charge is 0.407 e. The molecular weight excluding hydrogens is 420 g/mol. The van der Waals surface area contributed by atoms with Gasteiger partial charge in [-0.15, -0.1) is 0 Å². The molecule has 9 heteroatoms. The molecule has 3 amide bonds. The summed E-state index contributed by atoms with van der Waals surface area (Å²) >= 11 is 0. The first-order chi connectivity index (χ1) is 15.4. The van der Waals surface area contributed by atoms with Gasteiger partial charge in [0.2, 0.25) is 11.8 Å². The van der Waals surface area contributed by atoms with Crippen molar-refractivity contribution in [3.05, 3.63) is 29.3 Å². The van der Waals surface area contributed by atoms with Crippen molar-refractivity contribution < 1.29 is 27.9 Å². The molecule has 1 aromatic rings. The quantitative estimate of drug-likeness (QED) is 0.678. The van der Waals surface area contributed by atoms with Crippen LogP contribution < -0.4 is 15.5 Å². The maximum absolute atomic E-state index is 14.7. The lowest BCUT2D eigenvalue weighted by molar-refractivity contribution is -0.134. The number of nitrogens with one attached hydrogen (secondary N) is 2. The van der Waals surface area contributed by atoms with Crippen LogP contribution in [0.25, 0.3) is 0 Å². The molecule has 2 bridgehead atoms. The number of amides is 3. The lowest BCUT2D eigenvalue weighted by Crippen LogP contribution is -2.59. The van der Waals surface area contributed by atoms with Crippen molar-refractivity contribution in [3.8, 4) is 0 Å². The third-order valence-electron chi connectivity index (χ3n) is 7.53. The van der Waals surface area contributed by atoms with Gasteiger partial charge in [0.1, 0.15) is 11.6 Å². The molecule has 0 aromatic heterocycles. The second-order valence-corrected chi connectivity index (χ2v) is 9.61. The number of rotatable bonds is 5. The number of fused-ring (bicyclic) bond motifs is 2. The van der Waals surface area contributed by atoms with E-state index < -0.39 is 35.5 Å². The molecule has 32 heavy (non-hydrogen) atoms. The molecule has 7 nitrogen and oxygen atoms in total. The third kappa shape index (κ3) is 4.04. The Hall–Kier alpha value is -2.71. The van der Waals surface area contributed by atoms with Gasteiger partial charge in [-0.1, -0.05) is 6.42 Å². The summed E-state index contributed by atoms with van der Waals surface area (Å²) in [6.45, 7) is 1.29. The first-order valence-electron chi connectivity index (χ1n) is 11.4. The number of nitrogens with zero attached hydrogens (tertiary/aromatic N) is 1. The molecule has 2 aliphatic carbocycles. The second kappa shape index (κ2) is 8.33. The highest BCUT2D eigenvalue weighted by Gasteiger charge is 2.40. The molecule has 0 radical (unpaired) electrons. The minimum atomic E-state index is -1.02. The molecule has 4 atom stereocenters. The van der Waals surface area contributed by atoms with E-state index in [0.29, 0.717) is 37.2 Å². The largest absolute Gasteiger partial charge is 0.449 e. The molecule has 5 rings (SSSR count). The minimum Gasteiger partial charge on any atom is -0.449 e. The van der Waals surface area contributed by atoms with Crippen LogP contribution in [-0.2, 0) is 14.3 Å². The number of piperidine rings is 1. The Kier molecular flexibility index (Phi) is 5.51. The second-order valence-electron chi connectivity index (χ2n) is 9.61. The molecule has 2 saturated carbocycles. The predicted molar refractivity (Wildman–Crippen MR) is 111 cm³/mol.